The van der Waals surface area contributed by atoms with Gasteiger partial charge in [0, 0.05) is 0 Å². The fourth-order valence-corrected chi connectivity index (χ4v) is 19.9. The molecule has 1 unspecified atom stereocenters. The molecular formula is C27H51ClO5Sn. The van der Waals surface area contributed by atoms with E-state index < -0.39 is 30.6 Å². The first-order chi connectivity index (χ1) is 16.4. The maximum atomic E-state index is 11.7. The number of halogens is 1. The summed E-state index contributed by atoms with van der Waals surface area (Å²) in [5.41, 5.74) is 0. The van der Waals surface area contributed by atoms with Gasteiger partial charge in [0.05, 0.1) is 0 Å². The third kappa shape index (κ3) is 13.4. The van der Waals surface area contributed by atoms with Gasteiger partial charge in [-0.2, -0.15) is 0 Å². The van der Waals surface area contributed by atoms with Crippen LogP contribution >= 0.6 is 11.6 Å². The van der Waals surface area contributed by atoms with E-state index in [1.54, 1.807) is 0 Å². The van der Waals surface area contributed by atoms with Gasteiger partial charge in [0.1, 0.15) is 0 Å². The van der Waals surface area contributed by atoms with E-state index in [2.05, 4.69) is 26.8 Å². The molecule has 7 heteroatoms. The summed E-state index contributed by atoms with van der Waals surface area (Å²) < 4.78 is 29.3. The molecule has 1 rings (SSSR count). The zero-order valence-corrected chi connectivity index (χ0v) is 26.1. The number of carbonyl (C=O) groups excluding carboxylic acids is 1. The Bertz CT molecular complexity index is 535. The molecule has 1 fully saturated rings. The Hall–Kier alpha value is 0.0187. The van der Waals surface area contributed by atoms with Gasteiger partial charge in [-0.3, -0.25) is 0 Å². The van der Waals surface area contributed by atoms with Crippen LogP contribution in [0.5, 0.6) is 0 Å². The van der Waals surface area contributed by atoms with Gasteiger partial charge in [-0.1, -0.05) is 0 Å². The Balaban J connectivity index is 2.78. The summed E-state index contributed by atoms with van der Waals surface area (Å²) in [5, 5.41) is 0. The molecule has 0 radical (unpaired) electrons. The molecule has 0 N–H and O–H groups in total. The predicted molar refractivity (Wildman–Crippen MR) is 144 cm³/mol. The van der Waals surface area contributed by atoms with E-state index in [0.29, 0.717) is 13.0 Å². The van der Waals surface area contributed by atoms with E-state index in [0.717, 1.165) is 12.8 Å². The molecule has 200 valence electrons. The number of hydrogen-bond acceptors (Lipinski definition) is 5. The van der Waals surface area contributed by atoms with Gasteiger partial charge in [0.2, 0.25) is 0 Å². The van der Waals surface area contributed by atoms with E-state index in [4.69, 9.17) is 30.5 Å². The fourth-order valence-electron chi connectivity index (χ4n) is 4.78. The van der Waals surface area contributed by atoms with Crippen LogP contribution in [0.15, 0.2) is 12.3 Å². The second-order valence-electron chi connectivity index (χ2n) is 10.1. The predicted octanol–water partition coefficient (Wildman–Crippen LogP) is 7.84. The molecule has 0 aromatic rings. The average molecular weight is 610 g/mol. The molecule has 1 aliphatic heterocycles. The Kier molecular flexibility index (Phi) is 18.1. The van der Waals surface area contributed by atoms with Crippen molar-refractivity contribution in [1.82, 2.24) is 0 Å². The molecule has 1 saturated heterocycles. The minimum atomic E-state index is -2.19. The van der Waals surface area contributed by atoms with Crippen molar-refractivity contribution in [2.24, 2.45) is 0 Å². The number of rotatable bonds is 19. The Morgan fingerprint density at radius 1 is 1.09 bits per heavy atom. The van der Waals surface area contributed by atoms with Crippen LogP contribution in [0.25, 0.3) is 0 Å². The third-order valence-electron chi connectivity index (χ3n) is 6.68. The maximum absolute atomic E-state index is 11.7. The second kappa shape index (κ2) is 19.2. The van der Waals surface area contributed by atoms with Crippen LogP contribution in [0, 0.1) is 0 Å². The quantitative estimate of drug-likeness (QED) is 0.0491. The normalized spacial score (nSPS) is 20.1. The van der Waals surface area contributed by atoms with E-state index in [9.17, 15) is 4.79 Å². The first kappa shape index (κ1) is 32.0. The topological polar surface area (TPSA) is 54.0 Å². The van der Waals surface area contributed by atoms with Gasteiger partial charge >= 0.3 is 219 Å². The van der Waals surface area contributed by atoms with Crippen LogP contribution < -0.4 is 0 Å². The van der Waals surface area contributed by atoms with Crippen molar-refractivity contribution in [2.75, 3.05) is 12.5 Å². The van der Waals surface area contributed by atoms with Crippen molar-refractivity contribution in [2.45, 2.75) is 135 Å². The van der Waals surface area contributed by atoms with Crippen LogP contribution in [0.2, 0.25) is 17.7 Å². The number of allylic oxidation sites excluding steroid dienone is 1. The monoisotopic (exact) mass is 610 g/mol. The van der Waals surface area contributed by atoms with Crippen LogP contribution in [0.4, 0.5) is 0 Å². The number of ether oxygens (including phenoxy) is 4. The molecule has 1 heterocycles. The Morgan fingerprint density at radius 2 is 1.71 bits per heavy atom. The molecule has 1 aliphatic rings. The summed E-state index contributed by atoms with van der Waals surface area (Å²) >= 11 is 3.44. The number of carbonyl (C=O) groups is 1. The van der Waals surface area contributed by atoms with Crippen LogP contribution in [-0.2, 0) is 23.7 Å². The molecule has 0 aromatic heterocycles. The van der Waals surface area contributed by atoms with Crippen molar-refractivity contribution >= 4 is 35.9 Å². The molecule has 0 saturated carbocycles. The summed E-state index contributed by atoms with van der Waals surface area (Å²) in [4.78, 5) is 11.7. The summed E-state index contributed by atoms with van der Waals surface area (Å²) in [6, 6.07) is 0. The Labute approximate surface area is 218 Å². The zero-order chi connectivity index (χ0) is 25.2. The molecule has 3 atom stereocenters. The number of alkyl halides is 1. The molecular weight excluding hydrogens is 558 g/mol. The van der Waals surface area contributed by atoms with Crippen molar-refractivity contribution in [3.05, 3.63) is 12.3 Å². The molecule has 0 bridgehead atoms. The third-order valence-corrected chi connectivity index (χ3v) is 22.2. The molecule has 0 spiro atoms. The van der Waals surface area contributed by atoms with Crippen LogP contribution in [0.1, 0.15) is 92.4 Å². The minimum absolute atomic E-state index is 0.0514. The van der Waals surface area contributed by atoms with Gasteiger partial charge in [-0.05, 0) is 0 Å². The molecule has 0 amide bonds. The van der Waals surface area contributed by atoms with Crippen molar-refractivity contribution in [3.8, 4) is 0 Å². The average Bonchev–Trinajstić information content (AvgIpc) is 2.82. The van der Waals surface area contributed by atoms with E-state index in [1.165, 1.54) is 56.3 Å². The number of hydrogen-bond donors (Lipinski definition) is 0. The van der Waals surface area contributed by atoms with E-state index >= 15 is 0 Å². The fraction of sp³-hybridized carbons (Fsp3) is 0.889. The van der Waals surface area contributed by atoms with Crippen molar-refractivity contribution in [1.29, 1.82) is 0 Å². The van der Waals surface area contributed by atoms with Crippen LogP contribution in [-0.4, -0.2) is 61.4 Å². The summed E-state index contributed by atoms with van der Waals surface area (Å²) in [5.74, 6) is -0.663. The number of esters is 1. The molecule has 5 nitrogen and oxygen atoms in total. The van der Waals surface area contributed by atoms with Crippen molar-refractivity contribution < 1.29 is 23.7 Å². The van der Waals surface area contributed by atoms with Gasteiger partial charge in [-0.15, -0.1) is 0 Å². The van der Waals surface area contributed by atoms with Gasteiger partial charge in [0.15, 0.2) is 0 Å². The van der Waals surface area contributed by atoms with Gasteiger partial charge in [0.25, 0.3) is 0 Å². The van der Waals surface area contributed by atoms with Crippen molar-refractivity contribution in [3.63, 3.8) is 0 Å². The SMILES string of the molecule is CCC[CH2][Sn]([CH2]/C=C\O[C@H]1CCCO[C@@H]1CC(OC(=O)CCl)OC(C)C)([CH2]CCC)[CH2]CCC. The number of unbranched alkanes of at least 4 members (excludes halogenated alkanes) is 3. The van der Waals surface area contributed by atoms with E-state index in [-0.39, 0.29) is 24.2 Å². The van der Waals surface area contributed by atoms with E-state index in [1.807, 2.05) is 20.1 Å². The summed E-state index contributed by atoms with van der Waals surface area (Å²) in [7, 11) is 0. The van der Waals surface area contributed by atoms with Gasteiger partial charge < -0.3 is 0 Å². The molecule has 0 aliphatic carbocycles. The first-order valence-corrected chi connectivity index (χ1v) is 22.3. The summed E-state index contributed by atoms with van der Waals surface area (Å²) in [6.45, 7) is 11.5. The first-order valence-electron chi connectivity index (χ1n) is 13.7. The zero-order valence-electron chi connectivity index (χ0n) is 22.5. The van der Waals surface area contributed by atoms with Crippen LogP contribution in [0.3, 0.4) is 0 Å². The molecule has 34 heavy (non-hydrogen) atoms. The molecule has 0 aromatic carbocycles. The summed E-state index contributed by atoms with van der Waals surface area (Å²) in [6.07, 6.45) is 13.7. The van der Waals surface area contributed by atoms with Gasteiger partial charge in [-0.25, -0.2) is 0 Å². The standard InChI is InChI=1S/C15H24ClO5.3C4H9.Sn/c1-4-7-18-12-6-5-8-19-13(12)9-15(20-11(2)3)21-14(17)10-16;3*1-3-4-2;/h4,7,11-13,15H,1,5-6,8-10H2,2-3H3;3*1,3-4H2,2H3;/b7-4-;;;;/t12-,13+,15?;;;;/m0..../s1. The Morgan fingerprint density at radius 3 is 2.24 bits per heavy atom. The second-order valence-corrected chi connectivity index (χ2v) is 24.4.